The number of benzene rings is 1. The number of sulfonamides is 1. The Kier molecular flexibility index (Phi) is 3.93. The molecule has 0 aliphatic heterocycles. The summed E-state index contributed by atoms with van der Waals surface area (Å²) in [5.74, 6) is 0.0209. The van der Waals surface area contributed by atoms with Crippen molar-refractivity contribution < 1.29 is 13.2 Å². The van der Waals surface area contributed by atoms with Crippen molar-refractivity contribution in [2.24, 2.45) is 0 Å². The lowest BCUT2D eigenvalue weighted by atomic mass is 10.2. The van der Waals surface area contributed by atoms with Gasteiger partial charge in [0, 0.05) is 0 Å². The first-order chi connectivity index (χ1) is 9.40. The molecule has 0 atom stereocenters. The second-order valence-corrected chi connectivity index (χ2v) is 6.01. The van der Waals surface area contributed by atoms with Gasteiger partial charge < -0.3 is 4.74 Å². The summed E-state index contributed by atoms with van der Waals surface area (Å²) in [4.78, 5) is 4.06. The molecule has 20 heavy (non-hydrogen) atoms. The molecule has 1 heterocycles. The number of ether oxygens (including phenoxy) is 1. The molecule has 108 valence electrons. The van der Waals surface area contributed by atoms with Crippen LogP contribution in [0.5, 0.6) is 6.01 Å². The number of anilines is 1. The van der Waals surface area contributed by atoms with E-state index in [9.17, 15) is 8.42 Å². The monoisotopic (exact) mass is 296 g/mol. The molecule has 0 unspecified atom stereocenters. The van der Waals surface area contributed by atoms with Crippen molar-refractivity contribution in [3.05, 3.63) is 29.3 Å². The number of rotatable bonds is 5. The molecule has 0 saturated carbocycles. The summed E-state index contributed by atoms with van der Waals surface area (Å²) in [6, 6.07) is 5.19. The number of nitrogens with zero attached hydrogens (tertiary/aromatic N) is 2. The van der Waals surface area contributed by atoms with Gasteiger partial charge in [-0.1, -0.05) is 6.07 Å². The normalized spacial score (nSPS) is 11.3. The van der Waals surface area contributed by atoms with Gasteiger partial charge in [-0.05, 0) is 44.0 Å². The average molecular weight is 296 g/mol. The number of hydrogen-bond acceptors (Lipinski definition) is 5. The van der Waals surface area contributed by atoms with E-state index in [1.807, 2.05) is 19.9 Å². The van der Waals surface area contributed by atoms with Crippen LogP contribution in [0.3, 0.4) is 0 Å². The van der Waals surface area contributed by atoms with Crippen molar-refractivity contribution in [3.8, 4) is 6.01 Å². The molecular formula is C12H16N4O3S. The molecule has 0 saturated heterocycles. The van der Waals surface area contributed by atoms with Crippen LogP contribution in [0.1, 0.15) is 18.1 Å². The zero-order chi connectivity index (χ0) is 14.8. The van der Waals surface area contributed by atoms with Crippen LogP contribution in [0.25, 0.3) is 0 Å². The molecule has 0 radical (unpaired) electrons. The van der Waals surface area contributed by atoms with Crippen LogP contribution < -0.4 is 9.46 Å². The van der Waals surface area contributed by atoms with E-state index in [1.54, 1.807) is 19.1 Å². The van der Waals surface area contributed by atoms with Crippen LogP contribution in [0.15, 0.2) is 23.1 Å². The summed E-state index contributed by atoms with van der Waals surface area (Å²) >= 11 is 0. The number of aryl methyl sites for hydroxylation is 2. The highest BCUT2D eigenvalue weighted by Gasteiger charge is 2.17. The fourth-order valence-corrected chi connectivity index (χ4v) is 2.91. The van der Waals surface area contributed by atoms with Gasteiger partial charge in [-0.15, -0.1) is 5.10 Å². The number of aromatic amines is 1. The van der Waals surface area contributed by atoms with Gasteiger partial charge in [-0.2, -0.15) is 4.98 Å². The second-order valence-electron chi connectivity index (χ2n) is 4.33. The molecule has 0 amide bonds. The molecule has 7 nitrogen and oxygen atoms in total. The molecule has 0 aliphatic rings. The van der Waals surface area contributed by atoms with Gasteiger partial charge in [0.05, 0.1) is 11.5 Å². The highest BCUT2D eigenvalue weighted by molar-refractivity contribution is 7.92. The number of aromatic nitrogens is 3. The maximum Gasteiger partial charge on any atom is 0.337 e. The van der Waals surface area contributed by atoms with Gasteiger partial charge >= 0.3 is 6.01 Å². The summed E-state index contributed by atoms with van der Waals surface area (Å²) < 4.78 is 31.9. The van der Waals surface area contributed by atoms with Crippen molar-refractivity contribution >= 4 is 16.0 Å². The summed E-state index contributed by atoms with van der Waals surface area (Å²) in [5.41, 5.74) is 1.75. The van der Waals surface area contributed by atoms with Gasteiger partial charge in [-0.25, -0.2) is 18.2 Å². The van der Waals surface area contributed by atoms with E-state index in [2.05, 4.69) is 19.9 Å². The van der Waals surface area contributed by atoms with E-state index in [-0.39, 0.29) is 16.9 Å². The highest BCUT2D eigenvalue weighted by Crippen LogP contribution is 2.17. The Balaban J connectivity index is 2.25. The van der Waals surface area contributed by atoms with Crippen molar-refractivity contribution in [3.63, 3.8) is 0 Å². The van der Waals surface area contributed by atoms with Crippen LogP contribution >= 0.6 is 0 Å². The second kappa shape index (κ2) is 5.49. The molecule has 2 rings (SSSR count). The van der Waals surface area contributed by atoms with Crippen LogP contribution in [0.4, 0.5) is 5.95 Å². The Bertz CT molecular complexity index is 689. The number of nitrogens with one attached hydrogen (secondary N) is 2. The summed E-state index contributed by atoms with van der Waals surface area (Å²) in [6.07, 6.45) is 0. The number of H-pyrrole nitrogens is 1. The standard InChI is InChI=1S/C12H16N4O3S/c1-4-19-12-13-11(14-15-12)16-20(17,18)10-6-8(2)5-9(3)7-10/h5-7H,4H2,1-3H3,(H2,13,14,15,16). The Hall–Kier alpha value is -2.09. The zero-order valence-electron chi connectivity index (χ0n) is 11.5. The topological polar surface area (TPSA) is 97.0 Å². The van der Waals surface area contributed by atoms with E-state index in [1.165, 1.54) is 0 Å². The molecule has 0 aliphatic carbocycles. The predicted octanol–water partition coefficient (Wildman–Crippen LogP) is 1.62. The predicted molar refractivity (Wildman–Crippen MR) is 74.3 cm³/mol. The van der Waals surface area contributed by atoms with Crippen molar-refractivity contribution in [2.75, 3.05) is 11.3 Å². The zero-order valence-corrected chi connectivity index (χ0v) is 12.3. The molecular weight excluding hydrogens is 280 g/mol. The Labute approximate surface area is 117 Å². The van der Waals surface area contributed by atoms with E-state index >= 15 is 0 Å². The average Bonchev–Trinajstić information content (AvgIpc) is 2.75. The fourth-order valence-electron chi connectivity index (χ4n) is 1.76. The summed E-state index contributed by atoms with van der Waals surface area (Å²) in [6.45, 7) is 5.87. The van der Waals surface area contributed by atoms with Gasteiger partial charge in [0.1, 0.15) is 0 Å². The molecule has 1 aromatic heterocycles. The smallest absolute Gasteiger partial charge is 0.337 e. The van der Waals surface area contributed by atoms with Crippen LogP contribution in [-0.4, -0.2) is 30.2 Å². The van der Waals surface area contributed by atoms with Crippen LogP contribution in [0.2, 0.25) is 0 Å². The lowest BCUT2D eigenvalue weighted by molar-refractivity contribution is 0.314. The van der Waals surface area contributed by atoms with Gasteiger partial charge in [0.15, 0.2) is 0 Å². The largest absolute Gasteiger partial charge is 0.463 e. The van der Waals surface area contributed by atoms with E-state index in [4.69, 9.17) is 4.74 Å². The first-order valence-corrected chi connectivity index (χ1v) is 7.55. The minimum Gasteiger partial charge on any atom is -0.463 e. The third-order valence-corrected chi connectivity index (χ3v) is 3.79. The lowest BCUT2D eigenvalue weighted by Crippen LogP contribution is -2.14. The Morgan fingerprint density at radius 2 is 1.90 bits per heavy atom. The molecule has 8 heteroatoms. The quantitative estimate of drug-likeness (QED) is 0.874. The first-order valence-electron chi connectivity index (χ1n) is 6.07. The van der Waals surface area contributed by atoms with E-state index in [0.29, 0.717) is 6.61 Å². The molecule has 1 aromatic carbocycles. The van der Waals surface area contributed by atoms with E-state index < -0.39 is 10.0 Å². The van der Waals surface area contributed by atoms with Crippen molar-refractivity contribution in [1.82, 2.24) is 15.2 Å². The molecule has 2 aromatic rings. The van der Waals surface area contributed by atoms with Gasteiger partial charge in [0.25, 0.3) is 10.0 Å². The van der Waals surface area contributed by atoms with Gasteiger partial charge in [0.2, 0.25) is 5.95 Å². The minimum absolute atomic E-state index is 0.0209. The molecule has 0 fully saturated rings. The fraction of sp³-hybridized carbons (Fsp3) is 0.333. The maximum atomic E-state index is 12.2. The van der Waals surface area contributed by atoms with Crippen molar-refractivity contribution in [1.29, 1.82) is 0 Å². The summed E-state index contributed by atoms with van der Waals surface area (Å²) in [5, 5.41) is 6.20. The maximum absolute atomic E-state index is 12.2. The van der Waals surface area contributed by atoms with E-state index in [0.717, 1.165) is 11.1 Å². The molecule has 0 bridgehead atoms. The number of hydrogen-bond donors (Lipinski definition) is 2. The Morgan fingerprint density at radius 1 is 1.25 bits per heavy atom. The molecule has 0 spiro atoms. The third kappa shape index (κ3) is 3.27. The molecule has 2 N–H and O–H groups in total. The minimum atomic E-state index is -3.70. The summed E-state index contributed by atoms with van der Waals surface area (Å²) in [7, 11) is -3.70. The first kappa shape index (κ1) is 14.3. The van der Waals surface area contributed by atoms with Crippen LogP contribution in [0, 0.1) is 13.8 Å². The third-order valence-electron chi connectivity index (χ3n) is 2.47. The SMILES string of the molecule is CCOc1n[nH]c(NS(=O)(=O)c2cc(C)cc(C)c2)n1. The Morgan fingerprint density at radius 3 is 2.50 bits per heavy atom. The lowest BCUT2D eigenvalue weighted by Gasteiger charge is -2.07. The van der Waals surface area contributed by atoms with Gasteiger partial charge in [-0.3, -0.25) is 0 Å². The van der Waals surface area contributed by atoms with Crippen molar-refractivity contribution in [2.45, 2.75) is 25.7 Å². The highest BCUT2D eigenvalue weighted by atomic mass is 32.2. The van der Waals surface area contributed by atoms with Crippen LogP contribution in [-0.2, 0) is 10.0 Å².